The van der Waals surface area contributed by atoms with E-state index in [1.807, 2.05) is 74.5 Å². The summed E-state index contributed by atoms with van der Waals surface area (Å²) >= 11 is 0. The van der Waals surface area contributed by atoms with Crippen LogP contribution in [0.5, 0.6) is 5.75 Å². The highest BCUT2D eigenvalue weighted by Crippen LogP contribution is 2.25. The monoisotopic (exact) mass is 310 g/mol. The van der Waals surface area contributed by atoms with Gasteiger partial charge >= 0.3 is 5.97 Å². The van der Waals surface area contributed by atoms with Gasteiger partial charge in [0, 0.05) is 12.0 Å². The van der Waals surface area contributed by atoms with Gasteiger partial charge in [0.15, 0.2) is 0 Å². The third-order valence-electron chi connectivity index (χ3n) is 3.52. The molecule has 0 spiro atoms. The molecule has 3 nitrogen and oxygen atoms in total. The number of carbonyl (C=O) groups excluding carboxylic acids is 1. The molecular formula is C20H22O3. The van der Waals surface area contributed by atoms with Crippen LogP contribution in [0.4, 0.5) is 0 Å². The molecule has 0 aliphatic carbocycles. The summed E-state index contributed by atoms with van der Waals surface area (Å²) in [5.74, 6) is 0.383. The SMILES string of the molecule is C=C(CCOc1ccccc1)C(=O)OC(C)(C)c1ccccc1. The van der Waals surface area contributed by atoms with Gasteiger partial charge in [-0.1, -0.05) is 55.1 Å². The molecule has 0 heterocycles. The predicted molar refractivity (Wildman–Crippen MR) is 91.3 cm³/mol. The Morgan fingerprint density at radius 3 is 2.17 bits per heavy atom. The Bertz CT molecular complexity index is 645. The first-order valence-electron chi connectivity index (χ1n) is 7.63. The van der Waals surface area contributed by atoms with Crippen LogP contribution in [0.1, 0.15) is 25.8 Å². The summed E-state index contributed by atoms with van der Waals surface area (Å²) < 4.78 is 11.2. The minimum atomic E-state index is -0.693. The van der Waals surface area contributed by atoms with Gasteiger partial charge < -0.3 is 9.47 Å². The largest absolute Gasteiger partial charge is 0.493 e. The van der Waals surface area contributed by atoms with Crippen LogP contribution in [0, 0.1) is 0 Å². The van der Waals surface area contributed by atoms with Crippen molar-refractivity contribution < 1.29 is 14.3 Å². The molecule has 2 aromatic rings. The van der Waals surface area contributed by atoms with Gasteiger partial charge in [0.2, 0.25) is 0 Å². The summed E-state index contributed by atoms with van der Waals surface area (Å²) in [5.41, 5.74) is 0.660. The lowest BCUT2D eigenvalue weighted by molar-refractivity contribution is -0.152. The zero-order valence-corrected chi connectivity index (χ0v) is 13.6. The molecule has 0 fully saturated rings. The maximum atomic E-state index is 12.2. The van der Waals surface area contributed by atoms with Crippen molar-refractivity contribution >= 4 is 5.97 Å². The maximum Gasteiger partial charge on any atom is 0.334 e. The molecule has 2 rings (SSSR count). The molecule has 0 bridgehead atoms. The van der Waals surface area contributed by atoms with Crippen molar-refractivity contribution in [2.24, 2.45) is 0 Å². The molecule has 0 unspecified atom stereocenters. The van der Waals surface area contributed by atoms with Crippen molar-refractivity contribution in [3.63, 3.8) is 0 Å². The molecule has 3 heteroatoms. The van der Waals surface area contributed by atoms with Crippen LogP contribution in [-0.2, 0) is 15.1 Å². The fraction of sp³-hybridized carbons (Fsp3) is 0.250. The van der Waals surface area contributed by atoms with Gasteiger partial charge in [-0.3, -0.25) is 0 Å². The third kappa shape index (κ3) is 4.99. The second kappa shape index (κ2) is 7.63. The van der Waals surface area contributed by atoms with E-state index < -0.39 is 11.6 Å². The van der Waals surface area contributed by atoms with Gasteiger partial charge in [0.25, 0.3) is 0 Å². The zero-order chi connectivity index (χ0) is 16.7. The van der Waals surface area contributed by atoms with Crippen molar-refractivity contribution in [1.82, 2.24) is 0 Å². The average molecular weight is 310 g/mol. The number of benzene rings is 2. The van der Waals surface area contributed by atoms with E-state index in [9.17, 15) is 4.79 Å². The first-order valence-corrected chi connectivity index (χ1v) is 7.63. The Labute approximate surface area is 137 Å². The van der Waals surface area contributed by atoms with E-state index in [1.54, 1.807) is 0 Å². The second-order valence-corrected chi connectivity index (χ2v) is 5.78. The van der Waals surface area contributed by atoms with Crippen LogP contribution in [-0.4, -0.2) is 12.6 Å². The van der Waals surface area contributed by atoms with E-state index in [2.05, 4.69) is 6.58 Å². The number of carbonyl (C=O) groups is 1. The molecule has 0 N–H and O–H groups in total. The summed E-state index contributed by atoms with van der Waals surface area (Å²) in [6, 6.07) is 19.1. The second-order valence-electron chi connectivity index (χ2n) is 5.78. The Morgan fingerprint density at radius 2 is 1.57 bits per heavy atom. The fourth-order valence-electron chi connectivity index (χ4n) is 2.11. The molecule has 0 amide bonds. The molecule has 2 aromatic carbocycles. The van der Waals surface area contributed by atoms with Crippen molar-refractivity contribution in [3.05, 3.63) is 78.4 Å². The molecule has 0 aliphatic rings. The molecule has 0 saturated heterocycles. The molecule has 0 aliphatic heterocycles. The normalized spacial score (nSPS) is 10.9. The van der Waals surface area contributed by atoms with Crippen molar-refractivity contribution in [3.8, 4) is 5.75 Å². The first kappa shape index (κ1) is 16.8. The zero-order valence-electron chi connectivity index (χ0n) is 13.6. The lowest BCUT2D eigenvalue weighted by atomic mass is 9.98. The number of para-hydroxylation sites is 1. The van der Waals surface area contributed by atoms with Gasteiger partial charge in [0.1, 0.15) is 11.4 Å². The van der Waals surface area contributed by atoms with E-state index in [1.165, 1.54) is 0 Å². The van der Waals surface area contributed by atoms with Crippen LogP contribution < -0.4 is 4.74 Å². The topological polar surface area (TPSA) is 35.5 Å². The number of rotatable bonds is 7. The van der Waals surface area contributed by atoms with Crippen LogP contribution in [0.3, 0.4) is 0 Å². The van der Waals surface area contributed by atoms with E-state index in [4.69, 9.17) is 9.47 Å². The van der Waals surface area contributed by atoms with Crippen molar-refractivity contribution in [2.45, 2.75) is 25.9 Å². The fourth-order valence-corrected chi connectivity index (χ4v) is 2.11. The lowest BCUT2D eigenvalue weighted by Gasteiger charge is -2.26. The minimum absolute atomic E-state index is 0.393. The molecular weight excluding hydrogens is 288 g/mol. The van der Waals surface area contributed by atoms with Crippen LogP contribution in [0.25, 0.3) is 0 Å². The summed E-state index contributed by atoms with van der Waals surface area (Å²) in [6.45, 7) is 7.94. The Hall–Kier alpha value is -2.55. The van der Waals surface area contributed by atoms with Gasteiger partial charge in [-0.2, -0.15) is 0 Å². The number of ether oxygens (including phenoxy) is 2. The predicted octanol–water partition coefficient (Wildman–Crippen LogP) is 4.49. The number of hydrogen-bond donors (Lipinski definition) is 0. The molecule has 0 atom stereocenters. The summed E-state index contributed by atoms with van der Waals surface area (Å²) in [5, 5.41) is 0. The van der Waals surface area contributed by atoms with Crippen LogP contribution in [0.15, 0.2) is 72.8 Å². The smallest absolute Gasteiger partial charge is 0.334 e. The molecule has 120 valence electrons. The molecule has 0 saturated carbocycles. The highest BCUT2D eigenvalue weighted by molar-refractivity contribution is 5.88. The molecule has 23 heavy (non-hydrogen) atoms. The number of esters is 1. The van der Waals surface area contributed by atoms with Gasteiger partial charge in [-0.25, -0.2) is 4.79 Å². The van der Waals surface area contributed by atoms with E-state index in [0.29, 0.717) is 18.6 Å². The van der Waals surface area contributed by atoms with Gasteiger partial charge in [-0.15, -0.1) is 0 Å². The van der Waals surface area contributed by atoms with Crippen molar-refractivity contribution in [2.75, 3.05) is 6.61 Å². The highest BCUT2D eigenvalue weighted by Gasteiger charge is 2.26. The van der Waals surface area contributed by atoms with E-state index >= 15 is 0 Å². The third-order valence-corrected chi connectivity index (χ3v) is 3.52. The van der Waals surface area contributed by atoms with E-state index in [-0.39, 0.29) is 0 Å². The van der Waals surface area contributed by atoms with Gasteiger partial charge in [0.05, 0.1) is 6.61 Å². The summed E-state index contributed by atoms with van der Waals surface area (Å²) in [6.07, 6.45) is 0.429. The molecule has 0 radical (unpaired) electrons. The Morgan fingerprint density at radius 1 is 1.00 bits per heavy atom. The average Bonchev–Trinajstić information content (AvgIpc) is 2.56. The standard InChI is InChI=1S/C20H22O3/c1-16(14-15-22-18-12-8-5-9-13-18)19(21)23-20(2,3)17-10-6-4-7-11-17/h4-13H,1,14-15H2,2-3H3. The first-order chi connectivity index (χ1) is 11.0. The van der Waals surface area contributed by atoms with E-state index in [0.717, 1.165) is 11.3 Å². The Kier molecular flexibility index (Phi) is 5.58. The highest BCUT2D eigenvalue weighted by atomic mass is 16.6. The summed E-state index contributed by atoms with van der Waals surface area (Å²) in [4.78, 5) is 12.2. The van der Waals surface area contributed by atoms with Gasteiger partial charge in [-0.05, 0) is 31.5 Å². The number of hydrogen-bond acceptors (Lipinski definition) is 3. The van der Waals surface area contributed by atoms with Crippen LogP contribution >= 0.6 is 0 Å². The Balaban J connectivity index is 1.84. The maximum absolute atomic E-state index is 12.2. The lowest BCUT2D eigenvalue weighted by Crippen LogP contribution is -2.26. The van der Waals surface area contributed by atoms with Crippen LogP contribution in [0.2, 0.25) is 0 Å². The molecule has 0 aromatic heterocycles. The quantitative estimate of drug-likeness (QED) is 0.558. The summed E-state index contributed by atoms with van der Waals surface area (Å²) in [7, 11) is 0. The minimum Gasteiger partial charge on any atom is -0.493 e. The van der Waals surface area contributed by atoms with Crippen molar-refractivity contribution in [1.29, 1.82) is 0 Å².